The number of rotatable bonds is 4. The van der Waals surface area contributed by atoms with E-state index in [0.717, 1.165) is 5.56 Å². The van der Waals surface area contributed by atoms with Crippen LogP contribution in [0.1, 0.15) is 12.5 Å². The average molecular weight is 236 g/mol. The van der Waals surface area contributed by atoms with Crippen LogP contribution < -0.4 is 9.47 Å². The molecule has 1 fully saturated rings. The van der Waals surface area contributed by atoms with Gasteiger partial charge in [-0.05, 0) is 13.0 Å². The Hall–Kier alpha value is -1.55. The summed E-state index contributed by atoms with van der Waals surface area (Å²) in [6.07, 6.45) is 0. The minimum atomic E-state index is -0.544. The second-order valence-corrected chi connectivity index (χ2v) is 4.20. The summed E-state index contributed by atoms with van der Waals surface area (Å²) in [7, 11) is 3.19. The van der Waals surface area contributed by atoms with E-state index in [9.17, 15) is 4.79 Å². The lowest BCUT2D eigenvalue weighted by atomic mass is 9.75. The van der Waals surface area contributed by atoms with Crippen molar-refractivity contribution in [3.05, 3.63) is 23.8 Å². The fraction of sp³-hybridized carbons (Fsp3) is 0.462. The van der Waals surface area contributed by atoms with E-state index in [2.05, 4.69) is 0 Å². The van der Waals surface area contributed by atoms with Crippen molar-refractivity contribution in [3.63, 3.8) is 0 Å². The predicted octanol–water partition coefficient (Wildman–Crippen LogP) is 1.56. The maximum atomic E-state index is 11.8. The predicted molar refractivity (Wildman–Crippen MR) is 62.7 cm³/mol. The van der Waals surface area contributed by atoms with Gasteiger partial charge in [-0.2, -0.15) is 0 Å². The summed E-state index contributed by atoms with van der Waals surface area (Å²) in [5, 5.41) is 0. The molecule has 92 valence electrons. The molecule has 0 N–H and O–H groups in total. The normalized spacial score (nSPS) is 17.1. The highest BCUT2D eigenvalue weighted by atomic mass is 16.5. The number of carbonyl (C=O) groups excluding carboxylic acids is 1. The number of ether oxygens (including phenoxy) is 3. The zero-order valence-corrected chi connectivity index (χ0v) is 10.3. The molecule has 1 aromatic carbocycles. The van der Waals surface area contributed by atoms with Crippen LogP contribution in [0.4, 0.5) is 0 Å². The third-order valence-electron chi connectivity index (χ3n) is 3.30. The van der Waals surface area contributed by atoms with E-state index in [4.69, 9.17) is 14.2 Å². The topological polar surface area (TPSA) is 44.8 Å². The van der Waals surface area contributed by atoms with Gasteiger partial charge < -0.3 is 14.2 Å². The Morgan fingerprint density at radius 1 is 1.29 bits per heavy atom. The van der Waals surface area contributed by atoms with Gasteiger partial charge in [0.05, 0.1) is 27.4 Å². The molecule has 0 aromatic heterocycles. The van der Waals surface area contributed by atoms with Gasteiger partial charge in [-0.25, -0.2) is 0 Å². The molecule has 4 nitrogen and oxygen atoms in total. The third kappa shape index (κ3) is 1.78. The molecule has 1 aliphatic heterocycles. The minimum Gasteiger partial charge on any atom is -0.497 e. The monoisotopic (exact) mass is 236 g/mol. The molecule has 1 heterocycles. The average Bonchev–Trinajstić information content (AvgIpc) is 2.27. The van der Waals surface area contributed by atoms with Crippen LogP contribution in [0.25, 0.3) is 0 Å². The molecule has 0 atom stereocenters. The molecule has 0 amide bonds. The van der Waals surface area contributed by atoms with Crippen molar-refractivity contribution in [3.8, 4) is 11.5 Å². The molecule has 2 rings (SSSR count). The minimum absolute atomic E-state index is 0.104. The fourth-order valence-corrected chi connectivity index (χ4v) is 2.05. The highest BCUT2D eigenvalue weighted by molar-refractivity contribution is 5.90. The standard InChI is InChI=1S/C13H16O4/c1-9(14)13(7-17-8-13)11-5-4-10(15-2)6-12(11)16-3/h4-6H,7-8H2,1-3H3. The number of hydrogen-bond acceptors (Lipinski definition) is 4. The highest BCUT2D eigenvalue weighted by Crippen LogP contribution is 2.40. The van der Waals surface area contributed by atoms with E-state index in [-0.39, 0.29) is 5.78 Å². The molecule has 1 aromatic rings. The molecule has 1 saturated heterocycles. The molecule has 0 radical (unpaired) electrons. The molecule has 0 unspecified atom stereocenters. The smallest absolute Gasteiger partial charge is 0.145 e. The summed E-state index contributed by atoms with van der Waals surface area (Å²) in [6.45, 7) is 2.43. The Kier molecular flexibility index (Phi) is 3.07. The quantitative estimate of drug-likeness (QED) is 0.795. The first-order chi connectivity index (χ1) is 8.14. The van der Waals surface area contributed by atoms with Crippen LogP contribution in [-0.2, 0) is 14.9 Å². The molecule has 17 heavy (non-hydrogen) atoms. The number of Topliss-reactive ketones (excluding diaryl/α,β-unsaturated/α-hetero) is 1. The molecule has 0 spiro atoms. The zero-order chi connectivity index (χ0) is 12.5. The van der Waals surface area contributed by atoms with Crippen LogP contribution in [-0.4, -0.2) is 33.2 Å². The number of methoxy groups -OCH3 is 2. The van der Waals surface area contributed by atoms with Gasteiger partial charge in [-0.3, -0.25) is 4.79 Å². The third-order valence-corrected chi connectivity index (χ3v) is 3.30. The van der Waals surface area contributed by atoms with Gasteiger partial charge in [-0.15, -0.1) is 0 Å². The molecule has 4 heteroatoms. The molecular formula is C13H16O4. The second-order valence-electron chi connectivity index (χ2n) is 4.20. The van der Waals surface area contributed by atoms with Crippen LogP contribution in [0.15, 0.2) is 18.2 Å². The summed E-state index contributed by atoms with van der Waals surface area (Å²) in [6, 6.07) is 5.50. The lowest BCUT2D eigenvalue weighted by Gasteiger charge is -2.40. The van der Waals surface area contributed by atoms with Crippen molar-refractivity contribution in [2.75, 3.05) is 27.4 Å². The Morgan fingerprint density at radius 3 is 2.41 bits per heavy atom. The number of hydrogen-bond donors (Lipinski definition) is 0. The molecule has 1 aliphatic rings. The van der Waals surface area contributed by atoms with Gasteiger partial charge in [0.15, 0.2) is 0 Å². The Bertz CT molecular complexity index is 435. The van der Waals surface area contributed by atoms with Gasteiger partial charge in [0.25, 0.3) is 0 Å². The van der Waals surface area contributed by atoms with Gasteiger partial charge in [0.1, 0.15) is 22.7 Å². The zero-order valence-electron chi connectivity index (χ0n) is 10.3. The Balaban J connectivity index is 2.47. The van der Waals surface area contributed by atoms with Gasteiger partial charge in [0, 0.05) is 11.6 Å². The van der Waals surface area contributed by atoms with E-state index in [1.807, 2.05) is 12.1 Å². The molecule has 0 saturated carbocycles. The summed E-state index contributed by atoms with van der Waals surface area (Å²) in [4.78, 5) is 11.8. The first-order valence-electron chi connectivity index (χ1n) is 5.45. The van der Waals surface area contributed by atoms with Crippen LogP contribution in [0.3, 0.4) is 0 Å². The Labute approximate surface area is 100 Å². The fourth-order valence-electron chi connectivity index (χ4n) is 2.05. The number of carbonyl (C=O) groups is 1. The van der Waals surface area contributed by atoms with Crippen molar-refractivity contribution in [1.29, 1.82) is 0 Å². The van der Waals surface area contributed by atoms with Crippen LogP contribution in [0.5, 0.6) is 11.5 Å². The largest absolute Gasteiger partial charge is 0.497 e. The first kappa shape index (κ1) is 11.9. The SMILES string of the molecule is COc1ccc(C2(C(C)=O)COC2)c(OC)c1. The maximum Gasteiger partial charge on any atom is 0.145 e. The summed E-state index contributed by atoms with van der Waals surface area (Å²) >= 11 is 0. The maximum absolute atomic E-state index is 11.8. The molecule has 0 bridgehead atoms. The molecular weight excluding hydrogens is 220 g/mol. The van der Waals surface area contributed by atoms with Gasteiger partial charge in [-0.1, -0.05) is 6.07 Å². The molecule has 0 aliphatic carbocycles. The Morgan fingerprint density at radius 2 is 2.00 bits per heavy atom. The van der Waals surface area contributed by atoms with E-state index >= 15 is 0 Å². The van der Waals surface area contributed by atoms with Crippen LogP contribution in [0.2, 0.25) is 0 Å². The van der Waals surface area contributed by atoms with Crippen molar-refractivity contribution in [2.24, 2.45) is 0 Å². The van der Waals surface area contributed by atoms with E-state index in [0.29, 0.717) is 24.7 Å². The van der Waals surface area contributed by atoms with Crippen LogP contribution >= 0.6 is 0 Å². The van der Waals surface area contributed by atoms with Crippen molar-refractivity contribution >= 4 is 5.78 Å². The lowest BCUT2D eigenvalue weighted by molar-refractivity contribution is -0.140. The van der Waals surface area contributed by atoms with E-state index in [1.54, 1.807) is 27.2 Å². The van der Waals surface area contributed by atoms with Gasteiger partial charge >= 0.3 is 0 Å². The highest BCUT2D eigenvalue weighted by Gasteiger charge is 2.46. The summed E-state index contributed by atoms with van der Waals surface area (Å²) in [5.41, 5.74) is 0.331. The van der Waals surface area contributed by atoms with Crippen molar-refractivity contribution in [2.45, 2.75) is 12.3 Å². The lowest BCUT2D eigenvalue weighted by Crippen LogP contribution is -2.52. The summed E-state index contributed by atoms with van der Waals surface area (Å²) < 4.78 is 15.7. The first-order valence-corrected chi connectivity index (χ1v) is 5.45. The number of ketones is 1. The van der Waals surface area contributed by atoms with Crippen LogP contribution in [0, 0.1) is 0 Å². The van der Waals surface area contributed by atoms with Gasteiger partial charge in [0.2, 0.25) is 0 Å². The summed E-state index contributed by atoms with van der Waals surface area (Å²) in [5.74, 6) is 1.49. The van der Waals surface area contributed by atoms with Crippen molar-refractivity contribution in [1.82, 2.24) is 0 Å². The van der Waals surface area contributed by atoms with E-state index < -0.39 is 5.41 Å². The second kappa shape index (κ2) is 4.37. The van der Waals surface area contributed by atoms with E-state index in [1.165, 1.54) is 0 Å². The van der Waals surface area contributed by atoms with Crippen molar-refractivity contribution < 1.29 is 19.0 Å². The number of benzene rings is 1.